The summed E-state index contributed by atoms with van der Waals surface area (Å²) in [5.74, 6) is 0.764. The molecule has 0 amide bonds. The van der Waals surface area contributed by atoms with Crippen LogP contribution in [0.25, 0.3) is 0 Å². The number of piperidine rings is 1. The Bertz CT molecular complexity index is 439. The molecule has 114 valence electrons. The lowest BCUT2D eigenvalue weighted by Gasteiger charge is -2.61. The van der Waals surface area contributed by atoms with E-state index < -0.39 is 11.1 Å². The van der Waals surface area contributed by atoms with Gasteiger partial charge in [0.1, 0.15) is 11.1 Å². The summed E-state index contributed by atoms with van der Waals surface area (Å²) in [7, 11) is 0. The number of aliphatic hydroxyl groups excluding tert-OH is 1. The fraction of sp³-hybridized carbons (Fsp3) is 0.882. The minimum Gasteiger partial charge on any atom is -0.395 e. The first kappa shape index (κ1) is 14.8. The fourth-order valence-electron chi connectivity index (χ4n) is 5.41. The molecule has 0 bridgehead atoms. The van der Waals surface area contributed by atoms with Crippen molar-refractivity contribution < 1.29 is 5.11 Å². The molecule has 2 aliphatic carbocycles. The molecule has 4 atom stereocenters. The molecule has 1 heterocycles. The van der Waals surface area contributed by atoms with Gasteiger partial charge in [-0.15, -0.1) is 0 Å². The van der Waals surface area contributed by atoms with Gasteiger partial charge < -0.3 is 5.11 Å². The van der Waals surface area contributed by atoms with E-state index in [-0.39, 0.29) is 6.61 Å². The topological polar surface area (TPSA) is 71.0 Å². The highest BCUT2D eigenvalue weighted by Gasteiger charge is 2.61. The van der Waals surface area contributed by atoms with Gasteiger partial charge in [-0.05, 0) is 43.9 Å². The number of nitriles is 2. The Morgan fingerprint density at radius 2 is 1.48 bits per heavy atom. The van der Waals surface area contributed by atoms with Crippen LogP contribution in [-0.2, 0) is 0 Å². The highest BCUT2D eigenvalue weighted by Crippen LogP contribution is 2.55. The summed E-state index contributed by atoms with van der Waals surface area (Å²) in [6.07, 6.45) is 9.51. The van der Waals surface area contributed by atoms with Crippen molar-refractivity contribution in [3.8, 4) is 12.1 Å². The number of hydrogen-bond acceptors (Lipinski definition) is 4. The number of hydrogen-bond donors (Lipinski definition) is 1. The van der Waals surface area contributed by atoms with E-state index in [1.54, 1.807) is 0 Å². The summed E-state index contributed by atoms with van der Waals surface area (Å²) < 4.78 is 0. The molecule has 0 aromatic heterocycles. The normalized spacial score (nSPS) is 43.2. The standard InChI is InChI=1S/C17H25N3O/c18-12-16-7-3-1-5-14(16)11-15-6-2-4-8-17(15,13-19)20(16)9-10-21/h14-15,21H,1-11H2/t14-,15-,16-,17-/m1/s1. The minimum absolute atomic E-state index is 0.0340. The molecule has 3 fully saturated rings. The lowest BCUT2D eigenvalue weighted by atomic mass is 9.57. The van der Waals surface area contributed by atoms with Crippen LogP contribution in [-0.4, -0.2) is 34.2 Å². The molecule has 1 N–H and O–H groups in total. The van der Waals surface area contributed by atoms with Gasteiger partial charge in [-0.2, -0.15) is 10.5 Å². The van der Waals surface area contributed by atoms with Crippen molar-refractivity contribution in [2.45, 2.75) is 68.9 Å². The van der Waals surface area contributed by atoms with E-state index >= 15 is 0 Å². The minimum atomic E-state index is -0.509. The van der Waals surface area contributed by atoms with Crippen molar-refractivity contribution in [3.05, 3.63) is 0 Å². The molecule has 21 heavy (non-hydrogen) atoms. The molecule has 1 aliphatic heterocycles. The van der Waals surface area contributed by atoms with Crippen LogP contribution < -0.4 is 0 Å². The van der Waals surface area contributed by atoms with Crippen LogP contribution in [0.15, 0.2) is 0 Å². The van der Waals surface area contributed by atoms with E-state index in [1.165, 1.54) is 12.8 Å². The summed E-state index contributed by atoms with van der Waals surface area (Å²) >= 11 is 0. The molecule has 0 unspecified atom stereocenters. The van der Waals surface area contributed by atoms with E-state index in [0.29, 0.717) is 18.4 Å². The SMILES string of the molecule is N#C[C@]12CCCC[C@@H]1C[C@H]1CCCC[C@]1(C#N)N2CCO. The second-order valence-corrected chi connectivity index (χ2v) is 7.07. The highest BCUT2D eigenvalue weighted by molar-refractivity contribution is 5.27. The summed E-state index contributed by atoms with van der Waals surface area (Å²) in [6.45, 7) is 0.500. The summed E-state index contributed by atoms with van der Waals surface area (Å²) in [6, 6.07) is 5.22. The molecular weight excluding hydrogens is 262 g/mol. The zero-order chi connectivity index (χ0) is 14.9. The molecule has 1 saturated heterocycles. The number of rotatable bonds is 2. The molecule has 3 aliphatic rings. The maximum Gasteiger partial charge on any atom is 0.113 e. The smallest absolute Gasteiger partial charge is 0.113 e. The van der Waals surface area contributed by atoms with E-state index in [2.05, 4.69) is 17.0 Å². The van der Waals surface area contributed by atoms with Crippen molar-refractivity contribution in [2.75, 3.05) is 13.2 Å². The molecule has 2 saturated carbocycles. The first-order valence-corrected chi connectivity index (χ1v) is 8.44. The average Bonchev–Trinajstić information content (AvgIpc) is 2.54. The lowest BCUT2D eigenvalue weighted by Crippen LogP contribution is -2.71. The molecule has 0 radical (unpaired) electrons. The molecule has 4 heteroatoms. The van der Waals surface area contributed by atoms with Crippen molar-refractivity contribution in [3.63, 3.8) is 0 Å². The monoisotopic (exact) mass is 287 g/mol. The van der Waals surface area contributed by atoms with Crippen molar-refractivity contribution in [1.82, 2.24) is 4.90 Å². The molecule has 3 rings (SSSR count). The Hall–Kier alpha value is -1.10. The Morgan fingerprint density at radius 3 is 1.90 bits per heavy atom. The van der Waals surface area contributed by atoms with Gasteiger partial charge in [-0.25, -0.2) is 0 Å². The van der Waals surface area contributed by atoms with Crippen LogP contribution >= 0.6 is 0 Å². The van der Waals surface area contributed by atoms with Crippen LogP contribution in [0.2, 0.25) is 0 Å². The largest absolute Gasteiger partial charge is 0.395 e. The lowest BCUT2D eigenvalue weighted by molar-refractivity contribution is -0.115. The third kappa shape index (κ3) is 2.00. The van der Waals surface area contributed by atoms with Crippen LogP contribution in [0.4, 0.5) is 0 Å². The first-order valence-electron chi connectivity index (χ1n) is 8.44. The quantitative estimate of drug-likeness (QED) is 0.847. The van der Waals surface area contributed by atoms with Gasteiger partial charge in [0.25, 0.3) is 0 Å². The van der Waals surface area contributed by atoms with E-state index in [4.69, 9.17) is 0 Å². The van der Waals surface area contributed by atoms with Crippen LogP contribution in [0.3, 0.4) is 0 Å². The van der Waals surface area contributed by atoms with Crippen LogP contribution in [0.5, 0.6) is 0 Å². The Kier molecular flexibility index (Phi) is 3.95. The Labute approximate surface area is 127 Å². The molecule has 0 spiro atoms. The van der Waals surface area contributed by atoms with E-state index in [1.807, 2.05) is 0 Å². The number of β-amino-alcohol motifs (C(OH)–C–C–N with tert-alkyl or cyclic N) is 1. The third-order valence-corrected chi connectivity index (χ3v) is 6.31. The van der Waals surface area contributed by atoms with Gasteiger partial charge in [0, 0.05) is 6.54 Å². The maximum absolute atomic E-state index is 9.99. The van der Waals surface area contributed by atoms with Gasteiger partial charge in [-0.3, -0.25) is 4.90 Å². The van der Waals surface area contributed by atoms with Gasteiger partial charge in [-0.1, -0.05) is 25.7 Å². The molecule has 4 nitrogen and oxygen atoms in total. The average molecular weight is 287 g/mol. The Balaban J connectivity index is 2.07. The third-order valence-electron chi connectivity index (χ3n) is 6.31. The van der Waals surface area contributed by atoms with Crippen molar-refractivity contribution in [1.29, 1.82) is 10.5 Å². The fourth-order valence-corrected chi connectivity index (χ4v) is 5.41. The van der Waals surface area contributed by atoms with Gasteiger partial charge in [0.15, 0.2) is 0 Å². The van der Waals surface area contributed by atoms with Crippen LogP contribution in [0.1, 0.15) is 57.8 Å². The number of aliphatic hydroxyl groups is 1. The zero-order valence-corrected chi connectivity index (χ0v) is 12.7. The van der Waals surface area contributed by atoms with E-state index in [0.717, 1.165) is 44.9 Å². The summed E-state index contributed by atoms with van der Waals surface area (Å²) in [4.78, 5) is 2.15. The van der Waals surface area contributed by atoms with Crippen molar-refractivity contribution in [2.24, 2.45) is 11.8 Å². The van der Waals surface area contributed by atoms with E-state index in [9.17, 15) is 15.6 Å². The summed E-state index contributed by atoms with van der Waals surface area (Å²) in [5.41, 5.74) is -1.02. The van der Waals surface area contributed by atoms with Crippen LogP contribution in [0, 0.1) is 34.5 Å². The Morgan fingerprint density at radius 1 is 0.952 bits per heavy atom. The van der Waals surface area contributed by atoms with Gasteiger partial charge >= 0.3 is 0 Å². The number of nitrogens with zero attached hydrogens (tertiary/aromatic N) is 3. The first-order chi connectivity index (χ1) is 10.2. The predicted octanol–water partition coefficient (Wildman–Crippen LogP) is 2.59. The van der Waals surface area contributed by atoms with Gasteiger partial charge in [0.05, 0.1) is 18.7 Å². The summed E-state index contributed by atoms with van der Waals surface area (Å²) in [5, 5.41) is 29.5. The molecule has 0 aromatic rings. The number of fused-ring (bicyclic) bond motifs is 2. The maximum atomic E-state index is 9.99. The second-order valence-electron chi connectivity index (χ2n) is 7.07. The zero-order valence-electron chi connectivity index (χ0n) is 12.7. The predicted molar refractivity (Wildman–Crippen MR) is 79.0 cm³/mol. The molecular formula is C17H25N3O. The van der Waals surface area contributed by atoms with Gasteiger partial charge in [0.2, 0.25) is 0 Å². The second kappa shape index (κ2) is 5.59. The van der Waals surface area contributed by atoms with Crippen molar-refractivity contribution >= 4 is 0 Å². The number of likely N-dealkylation sites (tertiary alicyclic amines) is 1. The molecule has 0 aromatic carbocycles. The highest BCUT2D eigenvalue weighted by atomic mass is 16.3.